The highest BCUT2D eigenvalue weighted by molar-refractivity contribution is 7.89. The summed E-state index contributed by atoms with van der Waals surface area (Å²) in [6.07, 6.45) is 1.55. The fourth-order valence-electron chi connectivity index (χ4n) is 2.88. The predicted molar refractivity (Wildman–Crippen MR) is 91.1 cm³/mol. The molecule has 1 atom stereocenters. The summed E-state index contributed by atoms with van der Waals surface area (Å²) in [7, 11) is -3.24. The number of rotatable bonds is 6. The summed E-state index contributed by atoms with van der Waals surface area (Å²) in [5, 5.41) is 8.56. The molecule has 1 aliphatic heterocycles. The van der Waals surface area contributed by atoms with Gasteiger partial charge in [0.15, 0.2) is 0 Å². The summed E-state index contributed by atoms with van der Waals surface area (Å²) in [6, 6.07) is 12.6. The van der Waals surface area contributed by atoms with Crippen LogP contribution in [0.4, 0.5) is 0 Å². The van der Waals surface area contributed by atoms with Crippen LogP contribution < -0.4 is 0 Å². The quantitative estimate of drug-likeness (QED) is 0.748. The molecule has 1 heterocycles. The second-order valence-electron chi connectivity index (χ2n) is 6.07. The Hall–Kier alpha value is -1.42. The van der Waals surface area contributed by atoms with E-state index in [9.17, 15) is 8.42 Å². The molecule has 0 N–H and O–H groups in total. The van der Waals surface area contributed by atoms with Crippen molar-refractivity contribution in [1.29, 1.82) is 5.26 Å². The lowest BCUT2D eigenvalue weighted by Gasteiger charge is -2.26. The Bertz CT molecular complexity index is 625. The van der Waals surface area contributed by atoms with E-state index in [0.717, 1.165) is 19.5 Å². The number of hydrogen-bond acceptors (Lipinski definition) is 4. The van der Waals surface area contributed by atoms with Crippen LogP contribution in [0.1, 0.15) is 31.7 Å². The number of unbranched alkanes of at least 4 members (excludes halogenated alkanes) is 1. The van der Waals surface area contributed by atoms with Crippen molar-refractivity contribution >= 4 is 10.0 Å². The van der Waals surface area contributed by atoms with Gasteiger partial charge in [0.25, 0.3) is 0 Å². The first-order valence-electron chi connectivity index (χ1n) is 8.15. The first-order valence-corrected chi connectivity index (χ1v) is 9.76. The molecule has 0 aliphatic carbocycles. The predicted octanol–water partition coefficient (Wildman–Crippen LogP) is 2.22. The van der Waals surface area contributed by atoms with E-state index in [1.165, 1.54) is 5.56 Å². The van der Waals surface area contributed by atoms with E-state index in [0.29, 0.717) is 32.0 Å². The van der Waals surface area contributed by atoms with Gasteiger partial charge >= 0.3 is 0 Å². The van der Waals surface area contributed by atoms with Gasteiger partial charge in [-0.15, -0.1) is 0 Å². The molecule has 2 rings (SSSR count). The lowest BCUT2D eigenvalue weighted by Crippen LogP contribution is -2.37. The van der Waals surface area contributed by atoms with Gasteiger partial charge in [0, 0.05) is 38.6 Å². The normalized spacial score (nSPS) is 20.8. The third-order valence-electron chi connectivity index (χ3n) is 4.37. The van der Waals surface area contributed by atoms with Crippen LogP contribution in [0.3, 0.4) is 0 Å². The van der Waals surface area contributed by atoms with Gasteiger partial charge in [0.05, 0.1) is 11.8 Å². The van der Waals surface area contributed by atoms with Crippen molar-refractivity contribution in [2.45, 2.75) is 38.8 Å². The van der Waals surface area contributed by atoms with E-state index in [2.05, 4.69) is 24.0 Å². The minimum atomic E-state index is -3.24. The van der Waals surface area contributed by atoms with Crippen LogP contribution in [-0.4, -0.2) is 49.1 Å². The van der Waals surface area contributed by atoms with Gasteiger partial charge in [0.1, 0.15) is 0 Å². The molecule has 0 spiro atoms. The Morgan fingerprint density at radius 3 is 2.65 bits per heavy atom. The van der Waals surface area contributed by atoms with E-state index >= 15 is 0 Å². The van der Waals surface area contributed by atoms with E-state index in [-0.39, 0.29) is 5.75 Å². The number of sulfonamides is 1. The molecular weight excluding hydrogens is 310 g/mol. The Labute approximate surface area is 139 Å². The molecule has 23 heavy (non-hydrogen) atoms. The second kappa shape index (κ2) is 8.44. The summed E-state index contributed by atoms with van der Waals surface area (Å²) in [6.45, 7) is 4.86. The van der Waals surface area contributed by atoms with Crippen LogP contribution in [0, 0.1) is 11.3 Å². The highest BCUT2D eigenvalue weighted by Gasteiger charge is 2.27. The molecule has 5 nitrogen and oxygen atoms in total. The summed E-state index contributed by atoms with van der Waals surface area (Å²) < 4.78 is 26.4. The van der Waals surface area contributed by atoms with Crippen LogP contribution in [0.15, 0.2) is 30.3 Å². The van der Waals surface area contributed by atoms with Crippen molar-refractivity contribution in [1.82, 2.24) is 9.21 Å². The van der Waals surface area contributed by atoms with Gasteiger partial charge in [-0.05, 0) is 25.3 Å². The van der Waals surface area contributed by atoms with Crippen molar-refractivity contribution in [3.63, 3.8) is 0 Å². The second-order valence-corrected chi connectivity index (χ2v) is 8.16. The van der Waals surface area contributed by atoms with Crippen LogP contribution in [0.2, 0.25) is 0 Å². The van der Waals surface area contributed by atoms with E-state index in [1.54, 1.807) is 4.31 Å². The lowest BCUT2D eigenvalue weighted by atomic mass is 10.1. The van der Waals surface area contributed by atoms with Gasteiger partial charge < -0.3 is 0 Å². The van der Waals surface area contributed by atoms with E-state index in [1.807, 2.05) is 24.3 Å². The molecule has 1 aromatic carbocycles. The number of nitriles is 1. The number of benzene rings is 1. The Balaban J connectivity index is 1.96. The maximum absolute atomic E-state index is 12.4. The monoisotopic (exact) mass is 335 g/mol. The Kier molecular flexibility index (Phi) is 6.58. The van der Waals surface area contributed by atoms with Crippen molar-refractivity contribution in [2.24, 2.45) is 0 Å². The summed E-state index contributed by atoms with van der Waals surface area (Å²) in [5.74, 6) is 0.0770. The molecule has 0 aromatic heterocycles. The maximum atomic E-state index is 12.4. The van der Waals surface area contributed by atoms with E-state index in [4.69, 9.17) is 5.26 Å². The van der Waals surface area contributed by atoms with E-state index < -0.39 is 10.0 Å². The topological polar surface area (TPSA) is 64.4 Å². The average molecular weight is 335 g/mol. The zero-order valence-corrected chi connectivity index (χ0v) is 14.5. The molecule has 126 valence electrons. The highest BCUT2D eigenvalue weighted by atomic mass is 32.2. The van der Waals surface area contributed by atoms with Gasteiger partial charge in [0.2, 0.25) is 10.0 Å². The molecule has 1 aliphatic rings. The molecule has 0 radical (unpaired) electrons. The Morgan fingerprint density at radius 2 is 1.96 bits per heavy atom. The molecule has 0 amide bonds. The van der Waals surface area contributed by atoms with Gasteiger partial charge in [-0.3, -0.25) is 4.90 Å². The molecular formula is C17H25N3O2S. The van der Waals surface area contributed by atoms with Crippen molar-refractivity contribution in [2.75, 3.05) is 25.4 Å². The average Bonchev–Trinajstić information content (AvgIpc) is 2.72. The standard InChI is InChI=1S/C17H25N3O2S/c1-16-9-11-20(23(21,22)14-6-5-10-18)13-12-19(16)15-17-7-3-2-4-8-17/h2-4,7-8,16H,5-6,9,11-15H2,1H3/t16-/m1/s1. The van der Waals surface area contributed by atoms with Crippen molar-refractivity contribution in [3.8, 4) is 6.07 Å². The van der Waals surface area contributed by atoms with Crippen molar-refractivity contribution < 1.29 is 8.42 Å². The highest BCUT2D eigenvalue weighted by Crippen LogP contribution is 2.17. The molecule has 6 heteroatoms. The van der Waals surface area contributed by atoms with Gasteiger partial charge in [-0.25, -0.2) is 12.7 Å². The Morgan fingerprint density at radius 1 is 1.22 bits per heavy atom. The zero-order valence-electron chi connectivity index (χ0n) is 13.7. The molecule has 0 saturated carbocycles. The SMILES string of the molecule is C[C@@H]1CCN(S(=O)(=O)CCCC#N)CCN1Cc1ccccc1. The first kappa shape index (κ1) is 17.9. The largest absolute Gasteiger partial charge is 0.295 e. The first-order chi connectivity index (χ1) is 11.0. The smallest absolute Gasteiger partial charge is 0.214 e. The molecule has 0 unspecified atom stereocenters. The molecule has 1 aromatic rings. The van der Waals surface area contributed by atoms with Crippen LogP contribution in [0.5, 0.6) is 0 Å². The minimum Gasteiger partial charge on any atom is -0.295 e. The fraction of sp³-hybridized carbons (Fsp3) is 0.588. The number of hydrogen-bond donors (Lipinski definition) is 0. The third kappa shape index (κ3) is 5.31. The van der Waals surface area contributed by atoms with Crippen LogP contribution >= 0.6 is 0 Å². The molecule has 1 fully saturated rings. The zero-order chi connectivity index (χ0) is 16.7. The van der Waals surface area contributed by atoms with Crippen LogP contribution in [-0.2, 0) is 16.6 Å². The van der Waals surface area contributed by atoms with Crippen molar-refractivity contribution in [3.05, 3.63) is 35.9 Å². The minimum absolute atomic E-state index is 0.0770. The molecule has 1 saturated heterocycles. The third-order valence-corrected chi connectivity index (χ3v) is 6.33. The lowest BCUT2D eigenvalue weighted by molar-refractivity contribution is 0.210. The number of nitrogens with zero attached hydrogens (tertiary/aromatic N) is 3. The van der Waals surface area contributed by atoms with Gasteiger partial charge in [-0.1, -0.05) is 30.3 Å². The fourth-order valence-corrected chi connectivity index (χ4v) is 4.39. The van der Waals surface area contributed by atoms with Crippen LogP contribution in [0.25, 0.3) is 0 Å². The maximum Gasteiger partial charge on any atom is 0.214 e. The summed E-state index contributed by atoms with van der Waals surface area (Å²) in [4.78, 5) is 2.35. The molecule has 0 bridgehead atoms. The summed E-state index contributed by atoms with van der Waals surface area (Å²) >= 11 is 0. The van der Waals surface area contributed by atoms with Gasteiger partial charge in [-0.2, -0.15) is 5.26 Å². The summed E-state index contributed by atoms with van der Waals surface area (Å²) in [5.41, 5.74) is 1.25.